The van der Waals surface area contributed by atoms with Crippen LogP contribution >= 0.6 is 0 Å². The van der Waals surface area contributed by atoms with Gasteiger partial charge in [-0.15, -0.1) is 0 Å². The van der Waals surface area contributed by atoms with Crippen LogP contribution in [-0.4, -0.2) is 9.97 Å². The van der Waals surface area contributed by atoms with E-state index >= 15 is 0 Å². The van der Waals surface area contributed by atoms with Crippen LogP contribution in [0, 0.1) is 5.82 Å². The van der Waals surface area contributed by atoms with Gasteiger partial charge in [0, 0.05) is 23.6 Å². The molecule has 82 valence electrons. The van der Waals surface area contributed by atoms with Crippen LogP contribution in [0.4, 0.5) is 10.1 Å². The fourth-order valence-corrected chi connectivity index (χ4v) is 1.41. The zero-order chi connectivity index (χ0) is 11.5. The molecule has 0 aliphatic rings. The maximum Gasteiger partial charge on any atom is 0.141 e. The minimum atomic E-state index is -0.491. The van der Waals surface area contributed by atoms with Gasteiger partial charge in [0.15, 0.2) is 0 Å². The van der Waals surface area contributed by atoms with Crippen LogP contribution < -0.4 is 11.5 Å². The Morgan fingerprint density at radius 1 is 1.19 bits per heavy atom. The number of halogens is 1. The highest BCUT2D eigenvalue weighted by atomic mass is 19.1. The molecule has 0 spiro atoms. The van der Waals surface area contributed by atoms with Crippen molar-refractivity contribution in [1.29, 1.82) is 0 Å². The van der Waals surface area contributed by atoms with Crippen molar-refractivity contribution in [2.24, 2.45) is 5.73 Å². The summed E-state index contributed by atoms with van der Waals surface area (Å²) in [7, 11) is 0. The maximum absolute atomic E-state index is 12.7. The average molecular weight is 218 g/mol. The van der Waals surface area contributed by atoms with Crippen molar-refractivity contribution in [1.82, 2.24) is 9.97 Å². The minimum absolute atomic E-state index is 0.393. The van der Waals surface area contributed by atoms with Gasteiger partial charge >= 0.3 is 0 Å². The van der Waals surface area contributed by atoms with Crippen molar-refractivity contribution in [3.05, 3.63) is 53.9 Å². The second kappa shape index (κ2) is 4.24. The van der Waals surface area contributed by atoms with E-state index in [4.69, 9.17) is 11.5 Å². The molecule has 0 aliphatic carbocycles. The lowest BCUT2D eigenvalue weighted by atomic mass is 10.0. The number of nitrogen functional groups attached to an aromatic ring is 1. The highest BCUT2D eigenvalue weighted by Crippen LogP contribution is 2.21. The summed E-state index contributed by atoms with van der Waals surface area (Å²) < 4.78 is 12.7. The fraction of sp³-hybridized carbons (Fsp3) is 0.0909. The van der Waals surface area contributed by atoms with Crippen molar-refractivity contribution < 1.29 is 4.39 Å². The first kappa shape index (κ1) is 10.5. The minimum Gasteiger partial charge on any atom is -0.398 e. The van der Waals surface area contributed by atoms with Crippen LogP contribution in [0.1, 0.15) is 17.3 Å². The molecule has 0 amide bonds. The predicted octanol–water partition coefficient (Wildman–Crippen LogP) is 1.25. The molecule has 2 aromatic heterocycles. The third-order valence-corrected chi connectivity index (χ3v) is 2.29. The highest BCUT2D eigenvalue weighted by molar-refractivity contribution is 5.48. The van der Waals surface area contributed by atoms with E-state index in [0.717, 1.165) is 6.20 Å². The number of nitrogens with two attached hydrogens (primary N) is 2. The van der Waals surface area contributed by atoms with Crippen LogP contribution in [0.15, 0.2) is 36.8 Å². The molecule has 2 heterocycles. The summed E-state index contributed by atoms with van der Waals surface area (Å²) in [5, 5.41) is 0. The molecule has 0 aromatic carbocycles. The summed E-state index contributed by atoms with van der Waals surface area (Å²) in [6, 6.07) is 4.02. The Morgan fingerprint density at radius 2 is 2.00 bits per heavy atom. The van der Waals surface area contributed by atoms with Crippen molar-refractivity contribution in [2.45, 2.75) is 6.04 Å². The van der Waals surface area contributed by atoms with Gasteiger partial charge in [0.05, 0.1) is 17.9 Å². The van der Waals surface area contributed by atoms with Gasteiger partial charge in [0.25, 0.3) is 0 Å². The lowest BCUT2D eigenvalue weighted by Gasteiger charge is -2.12. The largest absolute Gasteiger partial charge is 0.398 e. The number of hydrogen-bond acceptors (Lipinski definition) is 4. The molecule has 1 atom stereocenters. The van der Waals surface area contributed by atoms with E-state index in [0.29, 0.717) is 16.9 Å². The SMILES string of the molecule is Nc1ccncc1C(N)c1ccc(F)cn1. The van der Waals surface area contributed by atoms with Gasteiger partial charge in [-0.1, -0.05) is 0 Å². The molecule has 0 saturated carbocycles. The summed E-state index contributed by atoms with van der Waals surface area (Å²) >= 11 is 0. The molecular weight excluding hydrogens is 207 g/mol. The van der Waals surface area contributed by atoms with E-state index in [1.54, 1.807) is 18.5 Å². The molecule has 4 N–H and O–H groups in total. The summed E-state index contributed by atoms with van der Waals surface area (Å²) in [5.41, 5.74) is 13.5. The first-order chi connectivity index (χ1) is 7.68. The van der Waals surface area contributed by atoms with Crippen molar-refractivity contribution >= 4 is 5.69 Å². The number of anilines is 1. The first-order valence-electron chi connectivity index (χ1n) is 4.75. The molecule has 0 saturated heterocycles. The summed E-state index contributed by atoms with van der Waals surface area (Å²) in [5.74, 6) is -0.393. The molecule has 1 unspecified atom stereocenters. The molecule has 0 fully saturated rings. The van der Waals surface area contributed by atoms with Crippen LogP contribution in [0.25, 0.3) is 0 Å². The normalized spacial score (nSPS) is 12.4. The van der Waals surface area contributed by atoms with Gasteiger partial charge in [-0.3, -0.25) is 9.97 Å². The van der Waals surface area contributed by atoms with E-state index in [2.05, 4.69) is 9.97 Å². The maximum atomic E-state index is 12.7. The van der Waals surface area contributed by atoms with Gasteiger partial charge in [-0.25, -0.2) is 4.39 Å². The average Bonchev–Trinajstić information content (AvgIpc) is 2.30. The number of rotatable bonds is 2. The summed E-state index contributed by atoms with van der Waals surface area (Å²) in [6.07, 6.45) is 4.30. The van der Waals surface area contributed by atoms with Gasteiger partial charge in [0.1, 0.15) is 5.82 Å². The van der Waals surface area contributed by atoms with Crippen molar-refractivity contribution in [3.63, 3.8) is 0 Å². The van der Waals surface area contributed by atoms with Gasteiger partial charge in [-0.05, 0) is 18.2 Å². The molecule has 16 heavy (non-hydrogen) atoms. The monoisotopic (exact) mass is 218 g/mol. The van der Waals surface area contributed by atoms with Gasteiger partial charge < -0.3 is 11.5 Å². The summed E-state index contributed by atoms with van der Waals surface area (Å²) in [4.78, 5) is 7.86. The van der Waals surface area contributed by atoms with Gasteiger partial charge in [-0.2, -0.15) is 0 Å². The molecular formula is C11H11FN4. The molecule has 2 rings (SSSR count). The van der Waals surface area contributed by atoms with Crippen molar-refractivity contribution in [3.8, 4) is 0 Å². The third kappa shape index (κ3) is 1.99. The second-order valence-corrected chi connectivity index (χ2v) is 3.38. The Balaban J connectivity index is 2.35. The molecule has 2 aromatic rings. The lowest BCUT2D eigenvalue weighted by molar-refractivity contribution is 0.617. The Morgan fingerprint density at radius 3 is 2.62 bits per heavy atom. The predicted molar refractivity (Wildman–Crippen MR) is 58.9 cm³/mol. The first-order valence-corrected chi connectivity index (χ1v) is 4.75. The number of hydrogen-bond donors (Lipinski definition) is 2. The Hall–Kier alpha value is -2.01. The van der Waals surface area contributed by atoms with Gasteiger partial charge in [0.2, 0.25) is 0 Å². The number of aromatic nitrogens is 2. The van der Waals surface area contributed by atoms with Crippen LogP contribution in [-0.2, 0) is 0 Å². The summed E-state index contributed by atoms with van der Waals surface area (Å²) in [6.45, 7) is 0. The molecule has 0 radical (unpaired) electrons. The fourth-order valence-electron chi connectivity index (χ4n) is 1.41. The van der Waals surface area contributed by atoms with Crippen LogP contribution in [0.2, 0.25) is 0 Å². The molecule has 5 heteroatoms. The van der Waals surface area contributed by atoms with E-state index < -0.39 is 11.9 Å². The molecule has 0 bridgehead atoms. The second-order valence-electron chi connectivity index (χ2n) is 3.38. The van der Waals surface area contributed by atoms with E-state index in [9.17, 15) is 4.39 Å². The third-order valence-electron chi connectivity index (χ3n) is 2.29. The zero-order valence-electron chi connectivity index (χ0n) is 8.47. The Kier molecular flexibility index (Phi) is 2.78. The van der Waals surface area contributed by atoms with Crippen LogP contribution in [0.3, 0.4) is 0 Å². The zero-order valence-corrected chi connectivity index (χ0v) is 8.47. The van der Waals surface area contributed by atoms with E-state index in [1.165, 1.54) is 12.1 Å². The number of nitrogens with zero attached hydrogens (tertiary/aromatic N) is 2. The molecule has 4 nitrogen and oxygen atoms in total. The van der Waals surface area contributed by atoms with E-state index in [1.807, 2.05) is 0 Å². The van der Waals surface area contributed by atoms with Crippen LogP contribution in [0.5, 0.6) is 0 Å². The number of pyridine rings is 2. The Labute approximate surface area is 92.1 Å². The van der Waals surface area contributed by atoms with E-state index in [-0.39, 0.29) is 0 Å². The topological polar surface area (TPSA) is 77.8 Å². The quantitative estimate of drug-likeness (QED) is 0.795. The lowest BCUT2D eigenvalue weighted by Crippen LogP contribution is -2.15. The smallest absolute Gasteiger partial charge is 0.141 e. The highest BCUT2D eigenvalue weighted by Gasteiger charge is 2.13. The standard InChI is InChI=1S/C11H11FN4/c12-7-1-2-10(16-5-7)11(14)8-6-15-4-3-9(8)13/h1-6,11H,14H2,(H2,13,15). The Bertz CT molecular complexity index is 484. The molecule has 0 aliphatic heterocycles. The van der Waals surface area contributed by atoms with Crippen molar-refractivity contribution in [2.75, 3.05) is 5.73 Å².